The second-order valence-electron chi connectivity index (χ2n) is 4.78. The molecule has 88 valence electrons. The lowest BCUT2D eigenvalue weighted by atomic mass is 9.77. The maximum Gasteiger partial charge on any atom is 0.0591 e. The number of hydrogen-bond acceptors (Lipinski definition) is 2. The van der Waals surface area contributed by atoms with Crippen LogP contribution in [0.4, 0.5) is 0 Å². The van der Waals surface area contributed by atoms with Crippen molar-refractivity contribution in [2.45, 2.75) is 46.6 Å². The van der Waals surface area contributed by atoms with E-state index in [0.717, 1.165) is 6.42 Å². The smallest absolute Gasteiger partial charge is 0.0591 e. The zero-order valence-corrected chi connectivity index (χ0v) is 11.8. The van der Waals surface area contributed by atoms with E-state index < -0.39 is 0 Å². The molecule has 0 bridgehead atoms. The molecule has 0 spiro atoms. The Hall–Kier alpha value is -0.240. The van der Waals surface area contributed by atoms with Crippen molar-refractivity contribution < 1.29 is 0 Å². The molecule has 1 atom stereocenters. The van der Waals surface area contributed by atoms with Crippen LogP contribution in [0.25, 0.3) is 0 Å². The molecule has 0 aromatic carbocycles. The third-order valence-corrected chi connectivity index (χ3v) is 3.14. The Kier molecular flexibility index (Phi) is 6.99. The van der Waals surface area contributed by atoms with E-state index in [-0.39, 0.29) is 5.54 Å². The van der Waals surface area contributed by atoms with E-state index in [1.807, 2.05) is 5.55 Å². The summed E-state index contributed by atoms with van der Waals surface area (Å²) in [5, 5.41) is 0. The van der Waals surface area contributed by atoms with E-state index in [9.17, 15) is 0 Å². The highest BCUT2D eigenvalue weighted by Crippen LogP contribution is 2.31. The summed E-state index contributed by atoms with van der Waals surface area (Å²) in [5.74, 6) is 1.27. The van der Waals surface area contributed by atoms with Crippen LogP contribution in [-0.2, 0) is 0 Å². The molecule has 1 nitrogen and oxygen atoms in total. The lowest BCUT2D eigenvalue weighted by Gasteiger charge is -2.33. The van der Waals surface area contributed by atoms with Gasteiger partial charge in [-0.3, -0.25) is 4.99 Å². The molecule has 0 saturated heterocycles. The molecule has 0 fully saturated rings. The number of aliphatic imine (C=N–C) groups is 1. The molecule has 0 heterocycles. The van der Waals surface area contributed by atoms with Crippen LogP contribution in [0.3, 0.4) is 0 Å². The summed E-state index contributed by atoms with van der Waals surface area (Å²) in [6.45, 7) is 11.1. The maximum atomic E-state index is 4.65. The first kappa shape index (κ1) is 14.8. The van der Waals surface area contributed by atoms with Gasteiger partial charge in [-0.1, -0.05) is 26.0 Å². The van der Waals surface area contributed by atoms with Crippen molar-refractivity contribution in [3.8, 4) is 0 Å². The third-order valence-electron chi connectivity index (χ3n) is 2.83. The van der Waals surface area contributed by atoms with Gasteiger partial charge in [-0.2, -0.15) is 0 Å². The number of nitrogens with zero attached hydrogens (tertiary/aromatic N) is 1. The van der Waals surface area contributed by atoms with Crippen molar-refractivity contribution in [1.29, 1.82) is 0 Å². The van der Waals surface area contributed by atoms with Gasteiger partial charge in [0.05, 0.1) is 11.1 Å². The van der Waals surface area contributed by atoms with E-state index in [1.165, 1.54) is 0 Å². The largest absolute Gasteiger partial charge is 0.280 e. The van der Waals surface area contributed by atoms with Gasteiger partial charge in [-0.25, -0.2) is 0 Å². The van der Waals surface area contributed by atoms with E-state index in [1.54, 1.807) is 11.8 Å². The Labute approximate surface area is 99.4 Å². The second-order valence-corrected chi connectivity index (χ2v) is 5.46. The van der Waals surface area contributed by atoms with Gasteiger partial charge in [0, 0.05) is 0 Å². The minimum absolute atomic E-state index is 0.0384. The standard InChI is InChI=1S/C13H25NS/c1-7-8-9-12(11(2)3)13(4,5)14-10-15-6/h7-8,10-12H,9H2,1-6H3/b8-7-,14-10-. The molecule has 0 aromatic rings. The molecule has 0 saturated carbocycles. The topological polar surface area (TPSA) is 12.4 Å². The molecular weight excluding hydrogens is 202 g/mol. The van der Waals surface area contributed by atoms with Crippen molar-refractivity contribution in [1.82, 2.24) is 0 Å². The van der Waals surface area contributed by atoms with Crippen LogP contribution in [0.1, 0.15) is 41.0 Å². The van der Waals surface area contributed by atoms with Gasteiger partial charge in [0.25, 0.3) is 0 Å². The Bertz CT molecular complexity index is 217. The first-order chi connectivity index (χ1) is 6.95. The average molecular weight is 227 g/mol. The number of thioether (sulfide) groups is 1. The minimum Gasteiger partial charge on any atom is -0.280 e. The first-order valence-corrected chi connectivity index (χ1v) is 6.92. The number of allylic oxidation sites excluding steroid dienone is 2. The van der Waals surface area contributed by atoms with Crippen LogP contribution >= 0.6 is 11.8 Å². The van der Waals surface area contributed by atoms with E-state index >= 15 is 0 Å². The van der Waals surface area contributed by atoms with Crippen LogP contribution in [-0.4, -0.2) is 17.3 Å². The van der Waals surface area contributed by atoms with Crippen molar-refractivity contribution >= 4 is 17.3 Å². The van der Waals surface area contributed by atoms with Crippen molar-refractivity contribution in [2.24, 2.45) is 16.8 Å². The molecule has 0 radical (unpaired) electrons. The zero-order valence-electron chi connectivity index (χ0n) is 10.9. The summed E-state index contributed by atoms with van der Waals surface area (Å²) in [4.78, 5) is 4.65. The van der Waals surface area contributed by atoms with Gasteiger partial charge in [0.1, 0.15) is 0 Å². The summed E-state index contributed by atoms with van der Waals surface area (Å²) < 4.78 is 0. The maximum absolute atomic E-state index is 4.65. The zero-order chi connectivity index (χ0) is 11.9. The Morgan fingerprint density at radius 2 is 1.93 bits per heavy atom. The summed E-state index contributed by atoms with van der Waals surface area (Å²) in [7, 11) is 0. The van der Waals surface area contributed by atoms with Gasteiger partial charge >= 0.3 is 0 Å². The van der Waals surface area contributed by atoms with Crippen molar-refractivity contribution in [2.75, 3.05) is 6.26 Å². The molecule has 0 N–H and O–H groups in total. The van der Waals surface area contributed by atoms with Crippen LogP contribution in [0.2, 0.25) is 0 Å². The first-order valence-electron chi connectivity index (χ1n) is 5.63. The highest BCUT2D eigenvalue weighted by molar-refractivity contribution is 8.11. The minimum atomic E-state index is 0.0384. The Balaban J connectivity index is 4.64. The lowest BCUT2D eigenvalue weighted by molar-refractivity contribution is 0.249. The molecule has 15 heavy (non-hydrogen) atoms. The lowest BCUT2D eigenvalue weighted by Crippen LogP contribution is -2.32. The molecule has 0 aromatic heterocycles. The Morgan fingerprint density at radius 3 is 2.33 bits per heavy atom. The van der Waals surface area contributed by atoms with Gasteiger partial charge < -0.3 is 0 Å². The van der Waals surface area contributed by atoms with Gasteiger partial charge in [-0.15, -0.1) is 11.8 Å². The number of hydrogen-bond donors (Lipinski definition) is 0. The predicted molar refractivity (Wildman–Crippen MR) is 73.8 cm³/mol. The SMILES string of the molecule is C/C=C\CC(C(C)C)C(C)(C)/N=C\SC. The van der Waals surface area contributed by atoms with E-state index in [4.69, 9.17) is 0 Å². The summed E-state index contributed by atoms with van der Waals surface area (Å²) in [6, 6.07) is 0. The van der Waals surface area contributed by atoms with Crippen molar-refractivity contribution in [3.05, 3.63) is 12.2 Å². The van der Waals surface area contributed by atoms with Crippen LogP contribution in [0.5, 0.6) is 0 Å². The van der Waals surface area contributed by atoms with Crippen LogP contribution in [0.15, 0.2) is 17.1 Å². The van der Waals surface area contributed by atoms with Crippen LogP contribution in [0, 0.1) is 11.8 Å². The molecule has 2 heteroatoms. The highest BCUT2D eigenvalue weighted by Gasteiger charge is 2.29. The van der Waals surface area contributed by atoms with Gasteiger partial charge in [0.2, 0.25) is 0 Å². The van der Waals surface area contributed by atoms with Gasteiger partial charge in [-0.05, 0) is 45.3 Å². The normalized spacial score (nSPS) is 15.7. The van der Waals surface area contributed by atoms with Gasteiger partial charge in [0.15, 0.2) is 0 Å². The second kappa shape index (κ2) is 7.10. The predicted octanol–water partition coefficient (Wildman–Crippen LogP) is 4.39. The Morgan fingerprint density at radius 1 is 1.33 bits per heavy atom. The summed E-state index contributed by atoms with van der Waals surface area (Å²) >= 11 is 1.67. The summed E-state index contributed by atoms with van der Waals surface area (Å²) in [5.41, 5.74) is 2.00. The molecule has 0 aliphatic rings. The van der Waals surface area contributed by atoms with Crippen LogP contribution < -0.4 is 0 Å². The quantitative estimate of drug-likeness (QED) is 0.372. The van der Waals surface area contributed by atoms with E-state index in [2.05, 4.69) is 58.0 Å². The van der Waals surface area contributed by atoms with Crippen molar-refractivity contribution in [3.63, 3.8) is 0 Å². The average Bonchev–Trinajstić information content (AvgIpc) is 2.14. The summed E-state index contributed by atoms with van der Waals surface area (Å²) in [6.07, 6.45) is 7.55. The molecule has 0 rings (SSSR count). The monoisotopic (exact) mass is 227 g/mol. The van der Waals surface area contributed by atoms with E-state index in [0.29, 0.717) is 11.8 Å². The fourth-order valence-corrected chi connectivity index (χ4v) is 2.32. The number of rotatable bonds is 6. The fraction of sp³-hybridized carbons (Fsp3) is 0.769. The fourth-order valence-electron chi connectivity index (χ4n) is 1.94. The molecule has 1 unspecified atom stereocenters. The molecular formula is C13H25NS. The molecule has 0 aliphatic heterocycles. The third kappa shape index (κ3) is 5.41. The molecule has 0 aliphatic carbocycles. The highest BCUT2D eigenvalue weighted by atomic mass is 32.2. The molecule has 0 amide bonds.